The van der Waals surface area contributed by atoms with E-state index in [2.05, 4.69) is 13.8 Å². The molecule has 0 aliphatic heterocycles. The summed E-state index contributed by atoms with van der Waals surface area (Å²) in [5.41, 5.74) is 0. The lowest BCUT2D eigenvalue weighted by molar-refractivity contribution is -0.870. The van der Waals surface area contributed by atoms with Gasteiger partial charge in [-0.05, 0) is 50.5 Å². The number of hydrogen-bond donors (Lipinski definition) is 4. The lowest BCUT2D eigenvalue weighted by atomic mass is 9.89. The summed E-state index contributed by atoms with van der Waals surface area (Å²) in [4.78, 5) is 23.0. The van der Waals surface area contributed by atoms with Crippen molar-refractivity contribution in [1.82, 2.24) is 0 Å². The Morgan fingerprint density at radius 1 is 0.759 bits per heavy atom. The van der Waals surface area contributed by atoms with Crippen LogP contribution >= 0.6 is 7.82 Å². The number of ether oxygens (including phenoxy) is 2. The smallest absolute Gasteiger partial charge is 0.472 e. The zero-order valence-electron chi connectivity index (χ0n) is 37.4. The number of unbranched alkanes of at least 4 members (excludes halogenated alkanes) is 17. The molecule has 0 bridgehead atoms. The minimum atomic E-state index is -4.36. The average Bonchev–Trinajstić information content (AvgIpc) is 3.43. The molecule has 58 heavy (non-hydrogen) atoms. The normalized spacial score (nSPS) is 21.0. The first kappa shape index (κ1) is 54.5. The SMILES string of the molecule is CCCCCCCCCCCCCCCC/C=C/OC[C@H](COP(=O)(O)OCC[N+](C)(C)C)OC(=O)CCC/C=C/C[C@@H]1[C@@H](/C=C/[C@@H](O)CCCCC)[C@H](O)C[C@@H]1O. The third-order valence-electron chi connectivity index (χ3n) is 10.8. The van der Waals surface area contributed by atoms with Crippen molar-refractivity contribution in [3.63, 3.8) is 0 Å². The van der Waals surface area contributed by atoms with Gasteiger partial charge in [0.15, 0.2) is 6.10 Å². The molecule has 1 aliphatic carbocycles. The van der Waals surface area contributed by atoms with E-state index in [4.69, 9.17) is 18.5 Å². The molecule has 1 fully saturated rings. The number of nitrogens with zero attached hydrogens (tertiary/aromatic N) is 1. The molecule has 12 heteroatoms. The van der Waals surface area contributed by atoms with Crippen LogP contribution in [0.15, 0.2) is 36.6 Å². The van der Waals surface area contributed by atoms with Gasteiger partial charge in [0, 0.05) is 18.8 Å². The largest absolute Gasteiger partial charge is 0.498 e. The van der Waals surface area contributed by atoms with E-state index in [1.54, 1.807) is 12.3 Å². The Morgan fingerprint density at radius 3 is 1.97 bits per heavy atom. The molecule has 0 aromatic carbocycles. The van der Waals surface area contributed by atoms with Crippen molar-refractivity contribution in [2.24, 2.45) is 11.8 Å². The van der Waals surface area contributed by atoms with Gasteiger partial charge in [0.2, 0.25) is 0 Å². The monoisotopic (exact) mass is 845 g/mol. The lowest BCUT2D eigenvalue weighted by Crippen LogP contribution is -2.37. The van der Waals surface area contributed by atoms with Crippen molar-refractivity contribution in [2.45, 2.75) is 192 Å². The molecule has 11 nitrogen and oxygen atoms in total. The predicted octanol–water partition coefficient (Wildman–Crippen LogP) is 10.1. The number of esters is 1. The number of phosphoric ester groups is 1. The fraction of sp³-hybridized carbons (Fsp3) is 0.848. The first-order chi connectivity index (χ1) is 27.8. The molecule has 7 atom stereocenters. The van der Waals surface area contributed by atoms with Gasteiger partial charge in [-0.15, -0.1) is 0 Å². The number of aliphatic hydroxyl groups is 3. The molecule has 340 valence electrons. The lowest BCUT2D eigenvalue weighted by Gasteiger charge is -2.24. The van der Waals surface area contributed by atoms with Crippen LogP contribution in [0.4, 0.5) is 0 Å². The first-order valence-corrected chi connectivity index (χ1v) is 24.5. The highest BCUT2D eigenvalue weighted by molar-refractivity contribution is 7.47. The van der Waals surface area contributed by atoms with Gasteiger partial charge in [0.1, 0.15) is 19.8 Å². The van der Waals surface area contributed by atoms with Gasteiger partial charge >= 0.3 is 13.8 Å². The minimum Gasteiger partial charge on any atom is -0.498 e. The summed E-state index contributed by atoms with van der Waals surface area (Å²) in [6.07, 6.45) is 33.6. The van der Waals surface area contributed by atoms with Crippen LogP contribution in [0, 0.1) is 11.8 Å². The quantitative estimate of drug-likeness (QED) is 0.0118. The summed E-state index contributed by atoms with van der Waals surface area (Å²) in [6, 6.07) is 0. The molecule has 1 aliphatic rings. The molecule has 0 aromatic heterocycles. The number of likely N-dealkylation sites (N-methyl/N-ethyl adjacent to an activating group) is 1. The molecule has 0 heterocycles. The van der Waals surface area contributed by atoms with Gasteiger partial charge < -0.3 is 34.2 Å². The summed E-state index contributed by atoms with van der Waals surface area (Å²) in [5, 5.41) is 31.4. The second-order valence-corrected chi connectivity index (χ2v) is 18.9. The molecule has 0 spiro atoms. The van der Waals surface area contributed by atoms with Crippen LogP contribution in [0.2, 0.25) is 0 Å². The van der Waals surface area contributed by atoms with Gasteiger partial charge in [-0.2, -0.15) is 0 Å². The van der Waals surface area contributed by atoms with Crippen molar-refractivity contribution in [3.8, 4) is 0 Å². The molecule has 0 amide bonds. The maximum Gasteiger partial charge on any atom is 0.472 e. The molecule has 1 rings (SSSR count). The van der Waals surface area contributed by atoms with Gasteiger partial charge in [-0.25, -0.2) is 4.57 Å². The van der Waals surface area contributed by atoms with Crippen molar-refractivity contribution in [2.75, 3.05) is 47.5 Å². The van der Waals surface area contributed by atoms with E-state index in [-0.39, 0.29) is 38.1 Å². The van der Waals surface area contributed by atoms with E-state index in [9.17, 15) is 29.6 Å². The molecule has 0 saturated heterocycles. The Bertz CT molecular complexity index is 1140. The van der Waals surface area contributed by atoms with Gasteiger partial charge in [-0.3, -0.25) is 13.8 Å². The van der Waals surface area contributed by atoms with E-state index in [0.29, 0.717) is 43.1 Å². The number of allylic oxidation sites excluding steroid dienone is 3. The summed E-state index contributed by atoms with van der Waals surface area (Å²) in [7, 11) is 1.49. The Balaban J connectivity index is 2.47. The van der Waals surface area contributed by atoms with Crippen LogP contribution in [-0.2, 0) is 27.9 Å². The molecular weight excluding hydrogens is 757 g/mol. The highest BCUT2D eigenvalue weighted by Gasteiger charge is 2.39. The molecule has 1 saturated carbocycles. The first-order valence-electron chi connectivity index (χ1n) is 23.0. The summed E-state index contributed by atoms with van der Waals surface area (Å²) in [5.74, 6) is -0.843. The molecule has 0 aromatic rings. The average molecular weight is 845 g/mol. The van der Waals surface area contributed by atoms with E-state index >= 15 is 0 Å². The topological polar surface area (TPSA) is 152 Å². The van der Waals surface area contributed by atoms with Crippen molar-refractivity contribution < 1.29 is 52.6 Å². The highest BCUT2D eigenvalue weighted by atomic mass is 31.2. The number of aliphatic hydroxyl groups excluding tert-OH is 3. The Kier molecular flexibility index (Phi) is 32.0. The number of phosphoric acid groups is 1. The second-order valence-electron chi connectivity index (χ2n) is 17.5. The van der Waals surface area contributed by atoms with Crippen LogP contribution in [0.25, 0.3) is 0 Å². The minimum absolute atomic E-state index is 0.0271. The van der Waals surface area contributed by atoms with Crippen LogP contribution in [-0.4, -0.2) is 103 Å². The third-order valence-corrected chi connectivity index (χ3v) is 11.8. The number of hydrogen-bond acceptors (Lipinski definition) is 9. The molecular formula is C46H87NO10P+. The number of rotatable bonds is 38. The molecule has 4 N–H and O–H groups in total. The van der Waals surface area contributed by atoms with Crippen molar-refractivity contribution in [3.05, 3.63) is 36.6 Å². The second kappa shape index (κ2) is 34.1. The molecule has 1 unspecified atom stereocenters. The number of carbonyl (C=O) groups is 1. The zero-order valence-corrected chi connectivity index (χ0v) is 38.3. The molecule has 0 radical (unpaired) electrons. The van der Waals surface area contributed by atoms with E-state index in [1.807, 2.05) is 45.4 Å². The highest BCUT2D eigenvalue weighted by Crippen LogP contribution is 2.43. The Hall–Kier alpha value is -1.56. The van der Waals surface area contributed by atoms with E-state index in [1.165, 1.54) is 83.5 Å². The summed E-state index contributed by atoms with van der Waals surface area (Å²) < 4.78 is 34.7. The zero-order chi connectivity index (χ0) is 42.9. The fourth-order valence-corrected chi connectivity index (χ4v) is 7.90. The van der Waals surface area contributed by atoms with Crippen LogP contribution < -0.4 is 0 Å². The maximum atomic E-state index is 12.8. The van der Waals surface area contributed by atoms with Crippen LogP contribution in [0.1, 0.15) is 168 Å². The third kappa shape index (κ3) is 30.5. The van der Waals surface area contributed by atoms with Gasteiger partial charge in [-0.1, -0.05) is 141 Å². The predicted molar refractivity (Wildman–Crippen MR) is 235 cm³/mol. The Labute approximate surface area is 353 Å². The number of carbonyl (C=O) groups excluding carboxylic acids is 1. The fourth-order valence-electron chi connectivity index (χ4n) is 7.16. The Morgan fingerprint density at radius 2 is 1.34 bits per heavy atom. The summed E-state index contributed by atoms with van der Waals surface area (Å²) >= 11 is 0. The van der Waals surface area contributed by atoms with Crippen molar-refractivity contribution in [1.29, 1.82) is 0 Å². The number of quaternary nitrogens is 1. The van der Waals surface area contributed by atoms with E-state index in [0.717, 1.165) is 32.1 Å². The van der Waals surface area contributed by atoms with Crippen LogP contribution in [0.3, 0.4) is 0 Å². The van der Waals surface area contributed by atoms with Gasteiger partial charge in [0.05, 0.1) is 52.3 Å². The van der Waals surface area contributed by atoms with Gasteiger partial charge in [0.25, 0.3) is 0 Å². The van der Waals surface area contributed by atoms with E-state index < -0.39 is 38.2 Å². The van der Waals surface area contributed by atoms with Crippen molar-refractivity contribution >= 4 is 13.8 Å². The standard InChI is InChI=1S/C46H86NO10P/c1-6-8-10-11-12-13-14-15-16-17-18-19-20-21-24-28-35-54-38-41(39-56-58(52,53)55-36-34-47(3,4)5)57-46(51)31-27-23-22-26-30-42-43(45(50)37-44(42)49)33-32-40(48)29-25-9-7-2/h22,26,28,32-33,35,40-45,48-50H,6-21,23-25,27,29-31,34,36-39H2,1-5H3/p+1/b26-22+,33-32+,35-28+/t40-,41+,42+,43+,44-,45+/m0/s1. The van der Waals surface area contributed by atoms with Crippen LogP contribution in [0.5, 0.6) is 0 Å². The maximum absolute atomic E-state index is 12.8. The summed E-state index contributed by atoms with van der Waals surface area (Å²) in [6.45, 7) is 4.56.